The first kappa shape index (κ1) is 35.2. The molecule has 0 heterocycles. The number of rotatable bonds is 19. The highest BCUT2D eigenvalue weighted by Crippen LogP contribution is 2.35. The quantitative estimate of drug-likeness (QED) is 0.0443. The number of methoxy groups -OCH3 is 2. The first-order chi connectivity index (χ1) is 23.0. The van der Waals surface area contributed by atoms with E-state index >= 15 is 0 Å². The van der Waals surface area contributed by atoms with Crippen LogP contribution in [-0.2, 0) is 9.59 Å². The van der Waals surface area contributed by atoms with Gasteiger partial charge in [-0.2, -0.15) is 0 Å². The molecular weight excluding hydrogens is 607 g/mol. The average molecular weight is 651 g/mol. The van der Waals surface area contributed by atoms with Crippen molar-refractivity contribution in [2.24, 2.45) is 0 Å². The zero-order valence-corrected chi connectivity index (χ0v) is 28.3. The molecular formula is C40H43O6P. The maximum Gasteiger partial charge on any atom is 0.163 e. The maximum absolute atomic E-state index is 12.5. The van der Waals surface area contributed by atoms with E-state index in [-0.39, 0.29) is 18.0 Å². The summed E-state index contributed by atoms with van der Waals surface area (Å²) in [4.78, 5) is 25.0. The lowest BCUT2D eigenvalue weighted by Gasteiger charge is -2.19. The molecule has 0 spiro atoms. The number of ketones is 2. The van der Waals surface area contributed by atoms with Crippen LogP contribution in [0.1, 0.15) is 43.7 Å². The van der Waals surface area contributed by atoms with Gasteiger partial charge in [-0.05, 0) is 85.1 Å². The summed E-state index contributed by atoms with van der Waals surface area (Å²) in [5, 5.41) is 2.71. The second kappa shape index (κ2) is 19.1. The molecule has 0 unspecified atom stereocenters. The van der Waals surface area contributed by atoms with Crippen molar-refractivity contribution in [3.8, 4) is 23.0 Å². The van der Waals surface area contributed by atoms with Gasteiger partial charge in [0.05, 0.1) is 33.9 Å². The van der Waals surface area contributed by atoms with Crippen LogP contribution < -0.4 is 29.6 Å². The van der Waals surface area contributed by atoms with E-state index in [0.29, 0.717) is 36.2 Å². The topological polar surface area (TPSA) is 71.1 Å². The molecule has 47 heavy (non-hydrogen) atoms. The van der Waals surface area contributed by atoms with Crippen molar-refractivity contribution in [1.82, 2.24) is 0 Å². The normalized spacial score (nSPS) is 11.2. The molecule has 0 N–H and O–H groups in total. The molecule has 0 aliphatic heterocycles. The third-order valence-electron chi connectivity index (χ3n) is 7.32. The van der Waals surface area contributed by atoms with Crippen LogP contribution in [0.3, 0.4) is 0 Å². The molecule has 0 aromatic heterocycles. The summed E-state index contributed by atoms with van der Waals surface area (Å²) in [6, 6.07) is 32.3. The second-order valence-electron chi connectivity index (χ2n) is 10.8. The third kappa shape index (κ3) is 11.3. The number of hydrogen-bond donors (Lipinski definition) is 0. The van der Waals surface area contributed by atoms with E-state index in [4.69, 9.17) is 18.9 Å². The predicted molar refractivity (Wildman–Crippen MR) is 193 cm³/mol. The van der Waals surface area contributed by atoms with Crippen molar-refractivity contribution >= 4 is 42.2 Å². The van der Waals surface area contributed by atoms with Crippen molar-refractivity contribution in [1.29, 1.82) is 0 Å². The number of allylic oxidation sites excluding steroid dienone is 2. The maximum atomic E-state index is 12.5. The number of benzene rings is 4. The van der Waals surface area contributed by atoms with Gasteiger partial charge in [-0.1, -0.05) is 98.3 Å². The third-order valence-corrected chi connectivity index (χ3v) is 9.93. The molecule has 0 atom stereocenters. The Morgan fingerprint density at radius 2 is 1.09 bits per heavy atom. The van der Waals surface area contributed by atoms with E-state index in [1.165, 1.54) is 22.8 Å². The van der Waals surface area contributed by atoms with Crippen molar-refractivity contribution in [3.05, 3.63) is 120 Å². The standard InChI is InChI=1S/C40H43O6P/c1-4-5-25-45-37-23-19-31(28-39(37)43-2)17-21-33(41)30-34(42)22-18-32-20-24-38(40(29-32)44-3)46-26-12-27-47(35-13-8-6-9-14-35)36-15-10-7-11-16-36/h6-11,13-24,28-29H,4-5,12,25-27,30H2,1-3H3/b21-17+,22-18+. The van der Waals surface area contributed by atoms with Crippen molar-refractivity contribution in [3.63, 3.8) is 0 Å². The largest absolute Gasteiger partial charge is 0.493 e. The van der Waals surface area contributed by atoms with E-state index in [2.05, 4.69) is 67.6 Å². The molecule has 0 bridgehead atoms. The van der Waals surface area contributed by atoms with Crippen LogP contribution in [-0.4, -0.2) is 45.2 Å². The highest BCUT2D eigenvalue weighted by molar-refractivity contribution is 7.73. The van der Waals surface area contributed by atoms with Gasteiger partial charge in [-0.3, -0.25) is 9.59 Å². The zero-order chi connectivity index (χ0) is 33.3. The van der Waals surface area contributed by atoms with Crippen LogP contribution in [0.4, 0.5) is 0 Å². The van der Waals surface area contributed by atoms with Gasteiger partial charge in [0.2, 0.25) is 0 Å². The minimum absolute atomic E-state index is 0.227. The fourth-order valence-corrected chi connectivity index (χ4v) is 7.16. The summed E-state index contributed by atoms with van der Waals surface area (Å²) in [7, 11) is 2.70. The molecule has 0 fully saturated rings. The summed E-state index contributed by atoms with van der Waals surface area (Å²) in [5.41, 5.74) is 1.55. The van der Waals surface area contributed by atoms with Gasteiger partial charge in [0.1, 0.15) is 0 Å². The summed E-state index contributed by atoms with van der Waals surface area (Å²) in [6.45, 7) is 3.28. The Morgan fingerprint density at radius 1 is 0.617 bits per heavy atom. The van der Waals surface area contributed by atoms with E-state index in [0.717, 1.165) is 36.6 Å². The number of hydrogen-bond acceptors (Lipinski definition) is 6. The number of carbonyl (C=O) groups is 2. The SMILES string of the molecule is CCCCOc1ccc(/C=C/C(=O)CC(=O)/C=C/c2ccc(OCCCP(c3ccccc3)c3ccccc3)c(OC)c2)cc1OC. The lowest BCUT2D eigenvalue weighted by atomic mass is 10.1. The van der Waals surface area contributed by atoms with Gasteiger partial charge in [-0.25, -0.2) is 0 Å². The fraction of sp³-hybridized carbons (Fsp3) is 0.250. The molecule has 0 saturated heterocycles. The number of carbonyl (C=O) groups excluding carboxylic acids is 2. The predicted octanol–water partition coefficient (Wildman–Crippen LogP) is 8.04. The molecule has 0 aliphatic rings. The molecule has 0 amide bonds. The van der Waals surface area contributed by atoms with Crippen LogP contribution in [0, 0.1) is 0 Å². The van der Waals surface area contributed by atoms with Gasteiger partial charge in [0.25, 0.3) is 0 Å². The first-order valence-corrected chi connectivity index (χ1v) is 17.4. The highest BCUT2D eigenvalue weighted by atomic mass is 31.1. The summed E-state index contributed by atoms with van der Waals surface area (Å²) in [5.74, 6) is 1.93. The monoisotopic (exact) mass is 650 g/mol. The molecule has 0 saturated carbocycles. The molecule has 4 rings (SSSR count). The van der Waals surface area contributed by atoms with E-state index in [9.17, 15) is 9.59 Å². The van der Waals surface area contributed by atoms with Gasteiger partial charge >= 0.3 is 0 Å². The van der Waals surface area contributed by atoms with Crippen molar-refractivity contribution in [2.75, 3.05) is 33.6 Å². The van der Waals surface area contributed by atoms with Gasteiger partial charge in [0.15, 0.2) is 34.6 Å². The van der Waals surface area contributed by atoms with Crippen LogP contribution >= 0.6 is 7.92 Å². The smallest absolute Gasteiger partial charge is 0.163 e. The van der Waals surface area contributed by atoms with Crippen LogP contribution in [0.2, 0.25) is 0 Å². The summed E-state index contributed by atoms with van der Waals surface area (Å²) < 4.78 is 22.9. The second-order valence-corrected chi connectivity index (χ2v) is 13.2. The Kier molecular flexibility index (Phi) is 14.3. The van der Waals surface area contributed by atoms with Crippen molar-refractivity contribution < 1.29 is 28.5 Å². The van der Waals surface area contributed by atoms with E-state index in [1.807, 2.05) is 30.3 Å². The van der Waals surface area contributed by atoms with E-state index in [1.54, 1.807) is 32.4 Å². The Balaban J connectivity index is 1.27. The van der Waals surface area contributed by atoms with Crippen LogP contribution in [0.5, 0.6) is 23.0 Å². The lowest BCUT2D eigenvalue weighted by molar-refractivity contribution is -0.121. The Labute approximate surface area is 279 Å². The Morgan fingerprint density at radius 3 is 1.53 bits per heavy atom. The zero-order valence-electron chi connectivity index (χ0n) is 27.4. The lowest BCUT2D eigenvalue weighted by Crippen LogP contribution is -2.15. The molecule has 7 heteroatoms. The molecule has 4 aromatic rings. The van der Waals surface area contributed by atoms with Crippen LogP contribution in [0.15, 0.2) is 109 Å². The molecule has 6 nitrogen and oxygen atoms in total. The average Bonchev–Trinajstić information content (AvgIpc) is 3.11. The number of unbranched alkanes of at least 4 members (excludes halogenated alkanes) is 1. The molecule has 0 radical (unpaired) electrons. The first-order valence-electron chi connectivity index (χ1n) is 15.9. The minimum Gasteiger partial charge on any atom is -0.493 e. The number of ether oxygens (including phenoxy) is 4. The minimum atomic E-state index is -0.477. The van der Waals surface area contributed by atoms with Crippen LogP contribution in [0.25, 0.3) is 12.2 Å². The summed E-state index contributed by atoms with van der Waals surface area (Å²) in [6.07, 6.45) is 9.87. The Hall–Kier alpha value is -4.67. The van der Waals surface area contributed by atoms with Crippen molar-refractivity contribution in [2.45, 2.75) is 32.6 Å². The van der Waals surface area contributed by atoms with Gasteiger partial charge < -0.3 is 18.9 Å². The van der Waals surface area contributed by atoms with Gasteiger partial charge in [-0.15, -0.1) is 0 Å². The van der Waals surface area contributed by atoms with E-state index < -0.39 is 7.92 Å². The molecule has 0 aliphatic carbocycles. The molecule has 244 valence electrons. The fourth-order valence-electron chi connectivity index (χ4n) is 4.84. The Bertz CT molecular complexity index is 1590. The molecule has 4 aromatic carbocycles. The van der Waals surface area contributed by atoms with Gasteiger partial charge in [0, 0.05) is 0 Å². The highest BCUT2D eigenvalue weighted by Gasteiger charge is 2.14. The summed E-state index contributed by atoms with van der Waals surface area (Å²) >= 11 is 0.